The Morgan fingerprint density at radius 1 is 1.12 bits per heavy atom. The summed E-state index contributed by atoms with van der Waals surface area (Å²) < 4.78 is 0. The predicted octanol–water partition coefficient (Wildman–Crippen LogP) is 1.61. The Hall–Kier alpha value is -1.87. The minimum absolute atomic E-state index is 0.0576. The summed E-state index contributed by atoms with van der Waals surface area (Å²) in [5.74, 6) is 0. The van der Waals surface area contributed by atoms with E-state index < -0.39 is 0 Å². The van der Waals surface area contributed by atoms with Crippen LogP contribution in [0.1, 0.15) is 22.7 Å². The number of aromatic amines is 1. The van der Waals surface area contributed by atoms with Gasteiger partial charge in [-0.05, 0) is 23.1 Å². The lowest BCUT2D eigenvalue weighted by Crippen LogP contribution is -2.30. The van der Waals surface area contributed by atoms with Crippen LogP contribution in [-0.4, -0.2) is 11.5 Å². The molecule has 1 atom stereocenters. The maximum atomic E-state index is 11.1. The first-order valence-electron chi connectivity index (χ1n) is 5.84. The molecule has 0 saturated carbocycles. The highest BCUT2D eigenvalue weighted by Gasteiger charge is 2.20. The van der Waals surface area contributed by atoms with Gasteiger partial charge < -0.3 is 10.3 Å². The smallest absolute Gasteiger partial charge is 0.247 e. The van der Waals surface area contributed by atoms with Crippen molar-refractivity contribution in [2.75, 3.05) is 6.54 Å². The Kier molecular flexibility index (Phi) is 2.53. The van der Waals surface area contributed by atoms with Gasteiger partial charge in [0.25, 0.3) is 0 Å². The zero-order valence-corrected chi connectivity index (χ0v) is 9.44. The van der Waals surface area contributed by atoms with Gasteiger partial charge in [0.15, 0.2) is 0 Å². The lowest BCUT2D eigenvalue weighted by molar-refractivity contribution is 0.566. The number of benzene rings is 1. The van der Waals surface area contributed by atoms with E-state index in [0.717, 1.165) is 18.5 Å². The van der Waals surface area contributed by atoms with E-state index in [9.17, 15) is 4.79 Å². The molecule has 0 radical (unpaired) electrons. The van der Waals surface area contributed by atoms with Crippen LogP contribution in [0.5, 0.6) is 0 Å². The van der Waals surface area contributed by atoms with E-state index in [1.807, 2.05) is 6.07 Å². The Labute approximate surface area is 99.5 Å². The van der Waals surface area contributed by atoms with Crippen LogP contribution in [0.4, 0.5) is 0 Å². The Bertz CT molecular complexity index is 568. The monoisotopic (exact) mass is 226 g/mol. The van der Waals surface area contributed by atoms with Gasteiger partial charge >= 0.3 is 0 Å². The number of hydrogen-bond acceptors (Lipinski definition) is 2. The Morgan fingerprint density at radius 3 is 2.82 bits per heavy atom. The molecule has 17 heavy (non-hydrogen) atoms. The number of fused-ring (bicyclic) bond motifs is 1. The van der Waals surface area contributed by atoms with Gasteiger partial charge in [-0.1, -0.05) is 30.3 Å². The number of pyridine rings is 1. The van der Waals surface area contributed by atoms with Crippen molar-refractivity contribution in [3.63, 3.8) is 0 Å². The SMILES string of the molecule is O=c1ccc(C2NCCc3ccccc32)c[nH]1. The van der Waals surface area contributed by atoms with Crippen LogP contribution in [0.2, 0.25) is 0 Å². The molecule has 2 aromatic rings. The molecular weight excluding hydrogens is 212 g/mol. The highest BCUT2D eigenvalue weighted by atomic mass is 16.1. The van der Waals surface area contributed by atoms with E-state index in [1.54, 1.807) is 12.3 Å². The summed E-state index contributed by atoms with van der Waals surface area (Å²) in [6.07, 6.45) is 2.86. The summed E-state index contributed by atoms with van der Waals surface area (Å²) in [6.45, 7) is 0.973. The lowest BCUT2D eigenvalue weighted by atomic mass is 9.91. The minimum Gasteiger partial charge on any atom is -0.329 e. The maximum Gasteiger partial charge on any atom is 0.247 e. The van der Waals surface area contributed by atoms with E-state index in [-0.39, 0.29) is 11.6 Å². The highest BCUT2D eigenvalue weighted by Crippen LogP contribution is 2.27. The summed E-state index contributed by atoms with van der Waals surface area (Å²) >= 11 is 0. The summed E-state index contributed by atoms with van der Waals surface area (Å²) in [5, 5.41) is 3.49. The van der Waals surface area contributed by atoms with Crippen molar-refractivity contribution in [2.24, 2.45) is 0 Å². The first-order chi connectivity index (χ1) is 8.34. The molecule has 86 valence electrons. The number of hydrogen-bond donors (Lipinski definition) is 2. The zero-order valence-electron chi connectivity index (χ0n) is 9.44. The molecule has 0 bridgehead atoms. The second kappa shape index (κ2) is 4.18. The zero-order chi connectivity index (χ0) is 11.7. The molecule has 0 aliphatic carbocycles. The highest BCUT2D eigenvalue weighted by molar-refractivity contribution is 5.38. The quantitative estimate of drug-likeness (QED) is 0.776. The minimum atomic E-state index is -0.0576. The average molecular weight is 226 g/mol. The van der Waals surface area contributed by atoms with Gasteiger partial charge in [0.2, 0.25) is 5.56 Å². The van der Waals surface area contributed by atoms with Crippen LogP contribution in [0.3, 0.4) is 0 Å². The predicted molar refractivity (Wildman–Crippen MR) is 67.1 cm³/mol. The fourth-order valence-corrected chi connectivity index (χ4v) is 2.40. The van der Waals surface area contributed by atoms with Gasteiger partial charge in [-0.15, -0.1) is 0 Å². The molecule has 2 heterocycles. The third-order valence-electron chi connectivity index (χ3n) is 3.25. The topological polar surface area (TPSA) is 44.9 Å². The van der Waals surface area contributed by atoms with E-state index in [2.05, 4.69) is 34.6 Å². The molecule has 3 nitrogen and oxygen atoms in total. The van der Waals surface area contributed by atoms with Crippen molar-refractivity contribution in [1.29, 1.82) is 0 Å². The molecular formula is C14H14N2O. The van der Waals surface area contributed by atoms with Gasteiger partial charge in [0.1, 0.15) is 0 Å². The molecule has 0 saturated heterocycles. The van der Waals surface area contributed by atoms with Gasteiger partial charge in [0, 0.05) is 18.8 Å². The van der Waals surface area contributed by atoms with Crippen LogP contribution < -0.4 is 10.9 Å². The van der Waals surface area contributed by atoms with Crippen molar-refractivity contribution in [3.8, 4) is 0 Å². The number of H-pyrrole nitrogens is 1. The van der Waals surface area contributed by atoms with Crippen LogP contribution in [0.25, 0.3) is 0 Å². The largest absolute Gasteiger partial charge is 0.329 e. The van der Waals surface area contributed by atoms with E-state index in [1.165, 1.54) is 11.1 Å². The fourth-order valence-electron chi connectivity index (χ4n) is 2.40. The van der Waals surface area contributed by atoms with Gasteiger partial charge in [0.05, 0.1) is 6.04 Å². The van der Waals surface area contributed by atoms with E-state index >= 15 is 0 Å². The molecule has 3 heteroatoms. The molecule has 1 aliphatic rings. The summed E-state index contributed by atoms with van der Waals surface area (Å²) in [4.78, 5) is 13.8. The van der Waals surface area contributed by atoms with Crippen LogP contribution in [0, 0.1) is 0 Å². The van der Waals surface area contributed by atoms with E-state index in [4.69, 9.17) is 0 Å². The molecule has 1 aliphatic heterocycles. The second-order valence-corrected chi connectivity index (χ2v) is 4.32. The fraction of sp³-hybridized carbons (Fsp3) is 0.214. The van der Waals surface area contributed by atoms with E-state index in [0.29, 0.717) is 0 Å². The van der Waals surface area contributed by atoms with Crippen molar-refractivity contribution in [1.82, 2.24) is 10.3 Å². The first kappa shape index (κ1) is 10.3. The first-order valence-corrected chi connectivity index (χ1v) is 5.84. The second-order valence-electron chi connectivity index (χ2n) is 4.32. The third-order valence-corrected chi connectivity index (χ3v) is 3.25. The molecule has 1 aromatic heterocycles. The van der Waals surface area contributed by atoms with Crippen molar-refractivity contribution in [2.45, 2.75) is 12.5 Å². The van der Waals surface area contributed by atoms with Crippen molar-refractivity contribution >= 4 is 0 Å². The molecule has 0 fully saturated rings. The molecule has 3 rings (SSSR count). The van der Waals surface area contributed by atoms with Crippen molar-refractivity contribution < 1.29 is 0 Å². The summed E-state index contributed by atoms with van der Waals surface area (Å²) in [6, 6.07) is 12.1. The van der Waals surface area contributed by atoms with Crippen LogP contribution in [0.15, 0.2) is 47.4 Å². The number of nitrogens with one attached hydrogen (secondary N) is 2. The standard InChI is InChI=1S/C14H14N2O/c17-13-6-5-11(9-16-13)14-12-4-2-1-3-10(12)7-8-15-14/h1-6,9,14-15H,7-8H2,(H,16,17). The number of aromatic nitrogens is 1. The van der Waals surface area contributed by atoms with Crippen LogP contribution in [-0.2, 0) is 6.42 Å². The molecule has 2 N–H and O–H groups in total. The molecule has 1 aromatic carbocycles. The summed E-state index contributed by atoms with van der Waals surface area (Å²) in [5.41, 5.74) is 3.75. The molecule has 0 amide bonds. The lowest BCUT2D eigenvalue weighted by Gasteiger charge is -2.27. The Balaban J connectivity index is 2.05. The summed E-state index contributed by atoms with van der Waals surface area (Å²) in [7, 11) is 0. The van der Waals surface area contributed by atoms with Gasteiger partial charge in [-0.2, -0.15) is 0 Å². The average Bonchev–Trinajstić information content (AvgIpc) is 2.39. The molecule has 1 unspecified atom stereocenters. The van der Waals surface area contributed by atoms with Gasteiger partial charge in [-0.25, -0.2) is 0 Å². The Morgan fingerprint density at radius 2 is 2.00 bits per heavy atom. The van der Waals surface area contributed by atoms with Crippen molar-refractivity contribution in [3.05, 3.63) is 69.6 Å². The van der Waals surface area contributed by atoms with Gasteiger partial charge in [-0.3, -0.25) is 4.79 Å². The molecule has 0 spiro atoms. The third kappa shape index (κ3) is 1.89. The number of rotatable bonds is 1. The normalized spacial score (nSPS) is 18.7. The van der Waals surface area contributed by atoms with Crippen LogP contribution >= 0.6 is 0 Å². The maximum absolute atomic E-state index is 11.1.